The number of amides is 1. The molecule has 0 bridgehead atoms. The Labute approximate surface area is 125 Å². The fourth-order valence-electron chi connectivity index (χ4n) is 2.13. The average molecular weight is 295 g/mol. The first-order valence-corrected chi connectivity index (χ1v) is 7.23. The molecule has 1 rings (SSSR count). The molecule has 0 aliphatic heterocycles. The van der Waals surface area contributed by atoms with Crippen LogP contribution in [0, 0.1) is 0 Å². The summed E-state index contributed by atoms with van der Waals surface area (Å²) in [6.45, 7) is 9.74. The minimum Gasteiger partial charge on any atom is -0.481 e. The van der Waals surface area contributed by atoms with Gasteiger partial charge in [-0.2, -0.15) is 5.10 Å². The number of carboxylic acids is 1. The number of rotatable bonds is 6. The van der Waals surface area contributed by atoms with Gasteiger partial charge in [0.1, 0.15) is 0 Å². The van der Waals surface area contributed by atoms with E-state index >= 15 is 0 Å². The quantitative estimate of drug-likeness (QED) is 0.844. The first-order chi connectivity index (χ1) is 9.63. The number of aliphatic carboxylic acids is 1. The lowest BCUT2D eigenvalue weighted by Gasteiger charge is -2.31. The Morgan fingerprint density at radius 2 is 1.86 bits per heavy atom. The minimum atomic E-state index is -0.913. The fourth-order valence-corrected chi connectivity index (χ4v) is 2.13. The zero-order valence-electron chi connectivity index (χ0n) is 13.4. The lowest BCUT2D eigenvalue weighted by molar-refractivity contribution is -0.138. The molecule has 0 saturated carbocycles. The van der Waals surface area contributed by atoms with E-state index in [-0.39, 0.29) is 17.9 Å². The van der Waals surface area contributed by atoms with Gasteiger partial charge in [0, 0.05) is 6.20 Å². The molecule has 1 aromatic rings. The van der Waals surface area contributed by atoms with E-state index in [1.54, 1.807) is 10.9 Å². The van der Waals surface area contributed by atoms with Crippen LogP contribution in [0.2, 0.25) is 0 Å². The third-order valence-corrected chi connectivity index (χ3v) is 3.75. The van der Waals surface area contributed by atoms with Gasteiger partial charge in [-0.15, -0.1) is 0 Å². The van der Waals surface area contributed by atoms with Crippen molar-refractivity contribution in [3.63, 3.8) is 0 Å². The molecule has 2 N–H and O–H groups in total. The summed E-state index contributed by atoms with van der Waals surface area (Å²) < 4.78 is 1.72. The molecule has 1 heterocycles. The predicted molar refractivity (Wildman–Crippen MR) is 80.3 cm³/mol. The van der Waals surface area contributed by atoms with E-state index in [0.717, 1.165) is 0 Å². The second-order valence-electron chi connectivity index (χ2n) is 6.36. The number of nitrogens with zero attached hydrogens (tertiary/aromatic N) is 2. The van der Waals surface area contributed by atoms with Crippen LogP contribution in [0.1, 0.15) is 64.2 Å². The monoisotopic (exact) mass is 295 g/mol. The zero-order valence-corrected chi connectivity index (χ0v) is 13.4. The largest absolute Gasteiger partial charge is 0.481 e. The first kappa shape index (κ1) is 17.2. The maximum absolute atomic E-state index is 12.3. The van der Waals surface area contributed by atoms with Crippen LogP contribution < -0.4 is 5.32 Å². The molecular formula is C15H25N3O3. The summed E-state index contributed by atoms with van der Waals surface area (Å²) in [5.41, 5.74) is -0.472. The summed E-state index contributed by atoms with van der Waals surface area (Å²) in [5, 5.41) is 16.1. The SMILES string of the molecule is CCC(CC)(CC(=O)O)NC(=O)c1cnn(C(C)(C)C)c1. The van der Waals surface area contributed by atoms with E-state index in [1.165, 1.54) is 6.20 Å². The number of nitrogens with one attached hydrogen (secondary N) is 1. The number of hydrogen-bond acceptors (Lipinski definition) is 3. The highest BCUT2D eigenvalue weighted by atomic mass is 16.4. The Hall–Kier alpha value is -1.85. The van der Waals surface area contributed by atoms with Crippen LogP contribution in [-0.2, 0) is 10.3 Å². The van der Waals surface area contributed by atoms with Gasteiger partial charge in [0.15, 0.2) is 0 Å². The second kappa shape index (κ2) is 6.28. The molecule has 0 aromatic carbocycles. The maximum Gasteiger partial charge on any atom is 0.305 e. The Balaban J connectivity index is 2.92. The maximum atomic E-state index is 12.3. The van der Waals surface area contributed by atoms with Crippen molar-refractivity contribution in [2.75, 3.05) is 0 Å². The number of carbonyl (C=O) groups is 2. The third-order valence-electron chi connectivity index (χ3n) is 3.75. The van der Waals surface area contributed by atoms with Crippen LogP contribution in [0.5, 0.6) is 0 Å². The molecule has 118 valence electrons. The Bertz CT molecular complexity index is 510. The minimum absolute atomic E-state index is 0.0842. The van der Waals surface area contributed by atoms with Crippen molar-refractivity contribution in [1.29, 1.82) is 0 Å². The van der Waals surface area contributed by atoms with Gasteiger partial charge in [0.25, 0.3) is 5.91 Å². The van der Waals surface area contributed by atoms with Crippen LogP contribution in [0.15, 0.2) is 12.4 Å². The number of hydrogen-bond donors (Lipinski definition) is 2. The van der Waals surface area contributed by atoms with Gasteiger partial charge in [0.05, 0.1) is 29.3 Å². The molecule has 0 aliphatic carbocycles. The third kappa shape index (κ3) is 4.31. The molecule has 1 aromatic heterocycles. The highest BCUT2D eigenvalue weighted by Gasteiger charge is 2.31. The molecule has 0 atom stereocenters. The topological polar surface area (TPSA) is 84.2 Å². The van der Waals surface area contributed by atoms with Gasteiger partial charge in [-0.25, -0.2) is 0 Å². The predicted octanol–water partition coefficient (Wildman–Crippen LogP) is 2.40. The number of carboxylic acid groups (broad SMARTS) is 1. The second-order valence-corrected chi connectivity index (χ2v) is 6.36. The van der Waals surface area contributed by atoms with Crippen molar-refractivity contribution < 1.29 is 14.7 Å². The summed E-state index contributed by atoms with van der Waals surface area (Å²) in [7, 11) is 0. The molecule has 1 amide bonds. The van der Waals surface area contributed by atoms with Crippen molar-refractivity contribution in [2.24, 2.45) is 0 Å². The molecule has 0 aliphatic rings. The first-order valence-electron chi connectivity index (χ1n) is 7.23. The van der Waals surface area contributed by atoms with Crippen LogP contribution in [0.3, 0.4) is 0 Å². The summed E-state index contributed by atoms with van der Waals surface area (Å²) in [6, 6.07) is 0. The van der Waals surface area contributed by atoms with Crippen molar-refractivity contribution in [1.82, 2.24) is 15.1 Å². The molecule has 6 nitrogen and oxygen atoms in total. The van der Waals surface area contributed by atoms with Crippen molar-refractivity contribution in [3.8, 4) is 0 Å². The Kier molecular flexibility index (Phi) is 5.15. The lowest BCUT2D eigenvalue weighted by atomic mass is 9.88. The van der Waals surface area contributed by atoms with Gasteiger partial charge in [-0.1, -0.05) is 13.8 Å². The summed E-state index contributed by atoms with van der Waals surface area (Å²) in [4.78, 5) is 23.4. The highest BCUT2D eigenvalue weighted by Crippen LogP contribution is 2.21. The zero-order chi connectivity index (χ0) is 16.3. The van der Waals surface area contributed by atoms with Crippen LogP contribution in [-0.4, -0.2) is 32.3 Å². The van der Waals surface area contributed by atoms with Crippen LogP contribution >= 0.6 is 0 Å². The highest BCUT2D eigenvalue weighted by molar-refractivity contribution is 5.94. The van der Waals surface area contributed by atoms with Gasteiger partial charge < -0.3 is 10.4 Å². The smallest absolute Gasteiger partial charge is 0.305 e. The van der Waals surface area contributed by atoms with Gasteiger partial charge in [0.2, 0.25) is 0 Å². The molecule has 0 fully saturated rings. The lowest BCUT2D eigenvalue weighted by Crippen LogP contribution is -2.49. The normalized spacial score (nSPS) is 12.2. The van der Waals surface area contributed by atoms with E-state index in [1.807, 2.05) is 34.6 Å². The summed E-state index contributed by atoms with van der Waals surface area (Å²) >= 11 is 0. The molecule has 21 heavy (non-hydrogen) atoms. The van der Waals surface area contributed by atoms with Gasteiger partial charge in [-0.3, -0.25) is 14.3 Å². The summed E-state index contributed by atoms with van der Waals surface area (Å²) in [5.74, 6) is -1.19. The van der Waals surface area contributed by atoms with Crippen molar-refractivity contribution in [3.05, 3.63) is 18.0 Å². The van der Waals surface area contributed by atoms with E-state index < -0.39 is 11.5 Å². The van der Waals surface area contributed by atoms with Crippen LogP contribution in [0.25, 0.3) is 0 Å². The molecule has 0 unspecified atom stereocenters. The Morgan fingerprint density at radius 1 is 1.29 bits per heavy atom. The number of aromatic nitrogens is 2. The van der Waals surface area contributed by atoms with E-state index in [4.69, 9.17) is 5.11 Å². The van der Waals surface area contributed by atoms with E-state index in [9.17, 15) is 9.59 Å². The van der Waals surface area contributed by atoms with E-state index in [2.05, 4.69) is 10.4 Å². The molecule has 0 spiro atoms. The number of carbonyl (C=O) groups excluding carboxylic acids is 1. The molecule has 0 radical (unpaired) electrons. The molecule has 6 heteroatoms. The molecular weight excluding hydrogens is 270 g/mol. The average Bonchev–Trinajstić information content (AvgIpc) is 2.86. The standard InChI is InChI=1S/C15H25N3O3/c1-6-15(7-2,8-12(19)20)17-13(21)11-9-16-18(10-11)14(3,4)5/h9-10H,6-8H2,1-5H3,(H,17,21)(H,19,20). The van der Waals surface area contributed by atoms with Gasteiger partial charge in [-0.05, 0) is 33.6 Å². The Morgan fingerprint density at radius 3 is 2.24 bits per heavy atom. The van der Waals surface area contributed by atoms with E-state index in [0.29, 0.717) is 18.4 Å². The van der Waals surface area contributed by atoms with Crippen molar-refractivity contribution >= 4 is 11.9 Å². The van der Waals surface area contributed by atoms with Gasteiger partial charge >= 0.3 is 5.97 Å². The fraction of sp³-hybridized carbons (Fsp3) is 0.667. The van der Waals surface area contributed by atoms with Crippen LogP contribution in [0.4, 0.5) is 0 Å². The van der Waals surface area contributed by atoms with Crippen molar-refractivity contribution in [2.45, 2.75) is 65.0 Å². The summed E-state index contributed by atoms with van der Waals surface area (Å²) in [6.07, 6.45) is 4.24. The molecule has 0 saturated heterocycles.